The van der Waals surface area contributed by atoms with Gasteiger partial charge in [-0.3, -0.25) is 19.2 Å². The molecule has 34 heavy (non-hydrogen) atoms. The van der Waals surface area contributed by atoms with Crippen LogP contribution in [0.25, 0.3) is 0 Å². The fourth-order valence-corrected chi connectivity index (χ4v) is 3.03. The fraction of sp³-hybridized carbons (Fsp3) is 0.522. The second kappa shape index (κ2) is 14.5. The third-order valence-electron chi connectivity index (χ3n) is 4.72. The molecular formula is C23H33N3O8. The van der Waals surface area contributed by atoms with Gasteiger partial charge < -0.3 is 30.6 Å². The maximum atomic E-state index is 12.9. The van der Waals surface area contributed by atoms with Crippen LogP contribution in [0.1, 0.15) is 39.7 Å². The summed E-state index contributed by atoms with van der Waals surface area (Å²) in [6.07, 6.45) is -1.37. The average Bonchev–Trinajstić information content (AvgIpc) is 2.78. The highest BCUT2D eigenvalue weighted by atomic mass is 16.6. The van der Waals surface area contributed by atoms with Gasteiger partial charge in [0.05, 0.1) is 25.6 Å². The third-order valence-corrected chi connectivity index (χ3v) is 4.72. The molecule has 0 aromatic heterocycles. The predicted octanol–water partition coefficient (Wildman–Crippen LogP) is 1.04. The Kier molecular flexibility index (Phi) is 12.1. The Bertz CT molecular complexity index is 844. The minimum absolute atomic E-state index is 0.00646. The van der Waals surface area contributed by atoms with Crippen molar-refractivity contribution in [2.45, 2.75) is 52.8 Å². The summed E-state index contributed by atoms with van der Waals surface area (Å²) in [4.78, 5) is 61.8. The molecule has 0 spiro atoms. The Labute approximate surface area is 198 Å². The summed E-state index contributed by atoms with van der Waals surface area (Å²) >= 11 is 0. The van der Waals surface area contributed by atoms with Crippen LogP contribution in [0.15, 0.2) is 30.3 Å². The van der Waals surface area contributed by atoms with Crippen molar-refractivity contribution in [3.63, 3.8) is 0 Å². The Balaban J connectivity index is 2.95. The number of rotatable bonds is 13. The first-order chi connectivity index (χ1) is 16.1. The summed E-state index contributed by atoms with van der Waals surface area (Å²) in [6.45, 7) is 6.52. The molecule has 0 aliphatic carbocycles. The van der Waals surface area contributed by atoms with Crippen LogP contribution in [0.5, 0.6) is 0 Å². The number of primary amides is 1. The summed E-state index contributed by atoms with van der Waals surface area (Å²) in [5, 5.41) is 4.82. The Morgan fingerprint density at radius 3 is 2.03 bits per heavy atom. The van der Waals surface area contributed by atoms with Crippen LogP contribution < -0.4 is 16.4 Å². The lowest BCUT2D eigenvalue weighted by Crippen LogP contribution is -2.58. The van der Waals surface area contributed by atoms with Gasteiger partial charge in [-0.15, -0.1) is 0 Å². The highest BCUT2D eigenvalue weighted by Crippen LogP contribution is 2.15. The zero-order valence-electron chi connectivity index (χ0n) is 19.9. The number of hydrogen-bond donors (Lipinski definition) is 3. The number of nitrogens with two attached hydrogens (primary N) is 1. The summed E-state index contributed by atoms with van der Waals surface area (Å²) in [7, 11) is 0. The number of benzene rings is 1. The van der Waals surface area contributed by atoms with E-state index in [4.69, 9.17) is 19.9 Å². The van der Waals surface area contributed by atoms with E-state index >= 15 is 0 Å². The van der Waals surface area contributed by atoms with E-state index in [1.807, 2.05) is 6.07 Å². The predicted molar refractivity (Wildman–Crippen MR) is 121 cm³/mol. The lowest BCUT2D eigenvalue weighted by atomic mass is 9.94. The molecule has 3 atom stereocenters. The summed E-state index contributed by atoms with van der Waals surface area (Å²) in [6, 6.07) is 6.27. The van der Waals surface area contributed by atoms with Crippen molar-refractivity contribution in [1.29, 1.82) is 0 Å². The normalized spacial score (nSPS) is 13.2. The van der Waals surface area contributed by atoms with E-state index in [2.05, 4.69) is 10.6 Å². The SMILES string of the molecule is CCOC(=O)C[C@H](C(=O)OCC)[C@@H](NC(=O)[C@@H](NC(=O)OCc1ccccc1)C(C)C)C(N)=O. The highest BCUT2D eigenvalue weighted by molar-refractivity contribution is 5.94. The summed E-state index contributed by atoms with van der Waals surface area (Å²) < 4.78 is 15.0. The minimum atomic E-state index is -1.57. The smallest absolute Gasteiger partial charge is 0.408 e. The second-order valence-corrected chi connectivity index (χ2v) is 7.68. The van der Waals surface area contributed by atoms with Gasteiger partial charge in [0.2, 0.25) is 11.8 Å². The Hall–Kier alpha value is -3.63. The molecule has 4 N–H and O–H groups in total. The molecule has 3 amide bonds. The van der Waals surface area contributed by atoms with E-state index in [1.165, 1.54) is 0 Å². The van der Waals surface area contributed by atoms with Crippen LogP contribution in [-0.2, 0) is 40.0 Å². The van der Waals surface area contributed by atoms with Gasteiger partial charge in [0.1, 0.15) is 18.7 Å². The topological polar surface area (TPSA) is 163 Å². The first kappa shape index (κ1) is 28.4. The molecule has 0 bridgehead atoms. The minimum Gasteiger partial charge on any atom is -0.466 e. The number of amides is 3. The molecule has 11 heteroatoms. The number of esters is 2. The van der Waals surface area contributed by atoms with Gasteiger partial charge in [-0.2, -0.15) is 0 Å². The van der Waals surface area contributed by atoms with Gasteiger partial charge >= 0.3 is 18.0 Å². The number of carbonyl (C=O) groups is 5. The zero-order valence-corrected chi connectivity index (χ0v) is 19.9. The van der Waals surface area contributed by atoms with Crippen LogP contribution in [-0.4, -0.2) is 55.1 Å². The van der Waals surface area contributed by atoms with Crippen LogP contribution in [0, 0.1) is 11.8 Å². The molecule has 1 aromatic rings. The molecule has 0 unspecified atom stereocenters. The van der Waals surface area contributed by atoms with Gasteiger partial charge in [0.25, 0.3) is 0 Å². The number of carbonyl (C=O) groups excluding carboxylic acids is 5. The molecule has 1 aromatic carbocycles. The quantitative estimate of drug-likeness (QED) is 0.279. The van der Waals surface area contributed by atoms with Crippen molar-refractivity contribution >= 4 is 29.8 Å². The standard InChI is InChI=1S/C23H33N3O8/c1-5-32-17(27)12-16(22(30)33-6-2)19(20(24)28)25-21(29)18(14(3)4)26-23(31)34-13-15-10-8-7-9-11-15/h7-11,14,16,18-19H,5-6,12-13H2,1-4H3,(H2,24,28)(H,25,29)(H,26,31)/t16-,18-,19+/m0/s1. The number of nitrogens with one attached hydrogen (secondary N) is 2. The van der Waals surface area contributed by atoms with Crippen LogP contribution in [0.3, 0.4) is 0 Å². The molecule has 188 valence electrons. The van der Waals surface area contributed by atoms with E-state index in [-0.39, 0.29) is 19.8 Å². The molecule has 0 heterocycles. The van der Waals surface area contributed by atoms with E-state index in [0.29, 0.717) is 0 Å². The molecule has 11 nitrogen and oxygen atoms in total. The summed E-state index contributed by atoms with van der Waals surface area (Å²) in [5.74, 6) is -5.30. The molecule has 0 fully saturated rings. The van der Waals surface area contributed by atoms with Gasteiger partial charge in [-0.1, -0.05) is 44.2 Å². The highest BCUT2D eigenvalue weighted by Gasteiger charge is 2.39. The lowest BCUT2D eigenvalue weighted by Gasteiger charge is -2.27. The van der Waals surface area contributed by atoms with E-state index in [0.717, 1.165) is 5.56 Å². The fourth-order valence-electron chi connectivity index (χ4n) is 3.03. The molecule has 0 saturated heterocycles. The Morgan fingerprint density at radius 2 is 1.50 bits per heavy atom. The maximum Gasteiger partial charge on any atom is 0.408 e. The first-order valence-corrected chi connectivity index (χ1v) is 11.0. The second-order valence-electron chi connectivity index (χ2n) is 7.68. The third kappa shape index (κ3) is 9.47. The molecule has 1 rings (SSSR count). The number of hydrogen-bond acceptors (Lipinski definition) is 8. The van der Waals surface area contributed by atoms with E-state index < -0.39 is 60.2 Å². The zero-order chi connectivity index (χ0) is 25.7. The van der Waals surface area contributed by atoms with Gasteiger partial charge in [0.15, 0.2) is 0 Å². The van der Waals surface area contributed by atoms with Crippen molar-refractivity contribution in [1.82, 2.24) is 10.6 Å². The van der Waals surface area contributed by atoms with Crippen molar-refractivity contribution < 1.29 is 38.2 Å². The van der Waals surface area contributed by atoms with E-state index in [9.17, 15) is 24.0 Å². The van der Waals surface area contributed by atoms with Gasteiger partial charge in [-0.05, 0) is 25.3 Å². The van der Waals surface area contributed by atoms with Crippen LogP contribution in [0.4, 0.5) is 4.79 Å². The average molecular weight is 480 g/mol. The number of ether oxygens (including phenoxy) is 3. The molecule has 0 aliphatic rings. The van der Waals surface area contributed by atoms with Crippen LogP contribution in [0.2, 0.25) is 0 Å². The largest absolute Gasteiger partial charge is 0.466 e. The monoisotopic (exact) mass is 479 g/mol. The molecule has 0 radical (unpaired) electrons. The lowest BCUT2D eigenvalue weighted by molar-refractivity contribution is -0.157. The van der Waals surface area contributed by atoms with Crippen molar-refractivity contribution in [3.8, 4) is 0 Å². The first-order valence-electron chi connectivity index (χ1n) is 11.0. The maximum absolute atomic E-state index is 12.9. The summed E-state index contributed by atoms with van der Waals surface area (Å²) in [5.41, 5.74) is 6.19. The van der Waals surface area contributed by atoms with Crippen LogP contribution >= 0.6 is 0 Å². The van der Waals surface area contributed by atoms with Crippen molar-refractivity contribution in [2.75, 3.05) is 13.2 Å². The van der Waals surface area contributed by atoms with Crippen molar-refractivity contribution in [2.24, 2.45) is 17.6 Å². The molecule has 0 saturated carbocycles. The molecular weight excluding hydrogens is 446 g/mol. The van der Waals surface area contributed by atoms with Crippen molar-refractivity contribution in [3.05, 3.63) is 35.9 Å². The van der Waals surface area contributed by atoms with Gasteiger partial charge in [0, 0.05) is 0 Å². The number of alkyl carbamates (subject to hydrolysis) is 1. The molecule has 0 aliphatic heterocycles. The Morgan fingerprint density at radius 1 is 0.882 bits per heavy atom. The van der Waals surface area contributed by atoms with Gasteiger partial charge in [-0.25, -0.2) is 4.79 Å². The van der Waals surface area contributed by atoms with E-state index in [1.54, 1.807) is 52.0 Å².